The van der Waals surface area contributed by atoms with E-state index < -0.39 is 13.0 Å². The largest absolute Gasteiger partial charge is 0.522 e. The van der Waals surface area contributed by atoms with E-state index in [1.54, 1.807) is 18.2 Å². The van der Waals surface area contributed by atoms with Crippen molar-refractivity contribution in [2.75, 3.05) is 32.7 Å². The van der Waals surface area contributed by atoms with Crippen LogP contribution in [0.25, 0.3) is 0 Å². The molecule has 0 saturated heterocycles. The zero-order valence-electron chi connectivity index (χ0n) is 10.0. The van der Waals surface area contributed by atoms with Crippen molar-refractivity contribution in [1.29, 1.82) is 0 Å². The summed E-state index contributed by atoms with van der Waals surface area (Å²) in [4.78, 5) is 0. The minimum Gasteiger partial charge on any atom is -0.497 e. The molecule has 0 aliphatic carbocycles. The Morgan fingerprint density at radius 3 is 2.06 bits per heavy atom. The molecular formula is C11H14F3NO3. The van der Waals surface area contributed by atoms with Crippen LogP contribution in [0, 0.1) is 0 Å². The molecule has 4 nitrogen and oxygen atoms in total. The highest BCUT2D eigenvalue weighted by molar-refractivity contribution is 5.53. The van der Waals surface area contributed by atoms with Gasteiger partial charge in [0.2, 0.25) is 0 Å². The van der Waals surface area contributed by atoms with Crippen molar-refractivity contribution in [2.24, 2.45) is 0 Å². The van der Waals surface area contributed by atoms with Crippen LogP contribution in [-0.4, -0.2) is 33.7 Å². The van der Waals surface area contributed by atoms with E-state index in [2.05, 4.69) is 10.1 Å². The van der Waals surface area contributed by atoms with Crippen molar-refractivity contribution in [3.05, 3.63) is 18.2 Å². The molecule has 0 fully saturated rings. The van der Waals surface area contributed by atoms with Crippen molar-refractivity contribution in [3.8, 4) is 11.5 Å². The SMILES string of the molecule is COc1cc(NCCOC(F)(F)F)cc(OC)c1. The number of hydrogen-bond acceptors (Lipinski definition) is 4. The second-order valence-electron chi connectivity index (χ2n) is 3.32. The van der Waals surface area contributed by atoms with E-state index in [1.165, 1.54) is 14.2 Å². The van der Waals surface area contributed by atoms with Crippen LogP contribution < -0.4 is 14.8 Å². The van der Waals surface area contributed by atoms with Gasteiger partial charge in [-0.3, -0.25) is 4.74 Å². The Kier molecular flexibility index (Phi) is 5.08. The van der Waals surface area contributed by atoms with Crippen LogP contribution in [0.15, 0.2) is 18.2 Å². The number of anilines is 1. The Hall–Kier alpha value is -1.63. The minimum atomic E-state index is -4.60. The maximum atomic E-state index is 11.7. The summed E-state index contributed by atoms with van der Waals surface area (Å²) in [7, 11) is 2.98. The fraction of sp³-hybridized carbons (Fsp3) is 0.455. The molecule has 0 amide bonds. The van der Waals surface area contributed by atoms with Crippen LogP contribution in [0.2, 0.25) is 0 Å². The molecule has 0 aromatic heterocycles. The molecular weight excluding hydrogens is 251 g/mol. The maximum Gasteiger partial charge on any atom is 0.522 e. The van der Waals surface area contributed by atoms with Crippen molar-refractivity contribution >= 4 is 5.69 Å². The molecule has 102 valence electrons. The summed E-state index contributed by atoms with van der Waals surface area (Å²) >= 11 is 0. The van der Waals surface area contributed by atoms with Crippen LogP contribution in [0.4, 0.5) is 18.9 Å². The van der Waals surface area contributed by atoms with Gasteiger partial charge >= 0.3 is 6.36 Å². The summed E-state index contributed by atoms with van der Waals surface area (Å²) < 4.78 is 48.9. The van der Waals surface area contributed by atoms with Crippen LogP contribution in [0.1, 0.15) is 0 Å². The zero-order valence-corrected chi connectivity index (χ0v) is 10.0. The number of rotatable bonds is 6. The van der Waals surface area contributed by atoms with E-state index in [-0.39, 0.29) is 6.54 Å². The maximum absolute atomic E-state index is 11.7. The molecule has 0 unspecified atom stereocenters. The summed E-state index contributed by atoms with van der Waals surface area (Å²) in [5, 5.41) is 2.78. The van der Waals surface area contributed by atoms with Crippen LogP contribution in [-0.2, 0) is 4.74 Å². The number of nitrogens with one attached hydrogen (secondary N) is 1. The van der Waals surface area contributed by atoms with Gasteiger partial charge in [-0.2, -0.15) is 0 Å². The molecule has 1 rings (SSSR count). The Bertz CT molecular complexity index is 360. The van der Waals surface area contributed by atoms with Gasteiger partial charge in [0.1, 0.15) is 11.5 Å². The Morgan fingerprint density at radius 2 is 1.61 bits per heavy atom. The lowest BCUT2D eigenvalue weighted by Gasteiger charge is -2.11. The second kappa shape index (κ2) is 6.34. The predicted octanol–water partition coefficient (Wildman–Crippen LogP) is 2.65. The number of halogens is 3. The van der Waals surface area contributed by atoms with Crippen LogP contribution >= 0.6 is 0 Å². The molecule has 0 aliphatic heterocycles. The molecule has 7 heteroatoms. The smallest absolute Gasteiger partial charge is 0.497 e. The second-order valence-corrected chi connectivity index (χ2v) is 3.32. The Balaban J connectivity index is 2.51. The fourth-order valence-corrected chi connectivity index (χ4v) is 1.27. The molecule has 0 bridgehead atoms. The van der Waals surface area contributed by atoms with Gasteiger partial charge in [-0.15, -0.1) is 13.2 Å². The summed E-state index contributed by atoms with van der Waals surface area (Å²) in [6.45, 7) is -0.446. The van der Waals surface area contributed by atoms with Crippen molar-refractivity contribution in [2.45, 2.75) is 6.36 Å². The standard InChI is InChI=1S/C11H14F3NO3/c1-16-9-5-8(6-10(7-9)17-2)15-3-4-18-11(12,13)14/h5-7,15H,3-4H2,1-2H3. The monoisotopic (exact) mass is 265 g/mol. The third-order valence-corrected chi connectivity index (χ3v) is 2.05. The van der Waals surface area contributed by atoms with Crippen molar-refractivity contribution < 1.29 is 27.4 Å². The first-order valence-electron chi connectivity index (χ1n) is 5.12. The molecule has 1 aromatic rings. The fourth-order valence-electron chi connectivity index (χ4n) is 1.27. The summed E-state index contributed by atoms with van der Waals surface area (Å²) in [5.74, 6) is 1.10. The molecule has 1 N–H and O–H groups in total. The van der Waals surface area contributed by atoms with E-state index in [0.29, 0.717) is 17.2 Å². The van der Waals surface area contributed by atoms with Crippen molar-refractivity contribution in [3.63, 3.8) is 0 Å². The molecule has 0 radical (unpaired) electrons. The number of hydrogen-bond donors (Lipinski definition) is 1. The molecule has 0 atom stereocenters. The van der Waals surface area contributed by atoms with Gasteiger partial charge in [0.15, 0.2) is 0 Å². The van der Waals surface area contributed by atoms with E-state index >= 15 is 0 Å². The number of benzene rings is 1. The third kappa shape index (κ3) is 5.13. The van der Waals surface area contributed by atoms with Gasteiger partial charge < -0.3 is 14.8 Å². The highest BCUT2D eigenvalue weighted by Gasteiger charge is 2.28. The molecule has 18 heavy (non-hydrogen) atoms. The first-order chi connectivity index (χ1) is 8.44. The van der Waals surface area contributed by atoms with Gasteiger partial charge in [0.25, 0.3) is 0 Å². The zero-order chi connectivity index (χ0) is 13.6. The predicted molar refractivity (Wildman–Crippen MR) is 60.0 cm³/mol. The van der Waals surface area contributed by atoms with Gasteiger partial charge in [-0.1, -0.05) is 0 Å². The lowest BCUT2D eigenvalue weighted by Crippen LogP contribution is -2.19. The molecule has 1 aromatic carbocycles. The molecule has 0 spiro atoms. The van der Waals surface area contributed by atoms with Crippen LogP contribution in [0.3, 0.4) is 0 Å². The minimum absolute atomic E-state index is 0.0236. The molecule has 0 heterocycles. The summed E-state index contributed by atoms with van der Waals surface area (Å²) in [6.07, 6.45) is -4.60. The van der Waals surface area contributed by atoms with E-state index in [9.17, 15) is 13.2 Å². The average Bonchev–Trinajstić information content (AvgIpc) is 2.33. The Morgan fingerprint density at radius 1 is 1.06 bits per heavy atom. The van der Waals surface area contributed by atoms with Gasteiger partial charge in [0, 0.05) is 30.4 Å². The molecule has 0 aliphatic rings. The lowest BCUT2D eigenvalue weighted by atomic mass is 10.2. The summed E-state index contributed by atoms with van der Waals surface area (Å²) in [6, 6.07) is 4.96. The number of ether oxygens (including phenoxy) is 3. The van der Waals surface area contributed by atoms with E-state index in [4.69, 9.17) is 9.47 Å². The van der Waals surface area contributed by atoms with Crippen molar-refractivity contribution in [1.82, 2.24) is 0 Å². The first-order valence-corrected chi connectivity index (χ1v) is 5.12. The van der Waals surface area contributed by atoms with Gasteiger partial charge in [-0.05, 0) is 0 Å². The van der Waals surface area contributed by atoms with Gasteiger partial charge in [0.05, 0.1) is 20.8 Å². The first kappa shape index (κ1) is 14.4. The topological polar surface area (TPSA) is 39.7 Å². The number of methoxy groups -OCH3 is 2. The normalized spacial score (nSPS) is 11.2. The van der Waals surface area contributed by atoms with Crippen LogP contribution in [0.5, 0.6) is 11.5 Å². The average molecular weight is 265 g/mol. The summed E-state index contributed by atoms with van der Waals surface area (Å²) in [5.41, 5.74) is 0.594. The Labute approximate surface area is 103 Å². The third-order valence-electron chi connectivity index (χ3n) is 2.05. The highest BCUT2D eigenvalue weighted by Crippen LogP contribution is 2.25. The van der Waals surface area contributed by atoms with E-state index in [1.807, 2.05) is 0 Å². The molecule has 0 saturated carbocycles. The lowest BCUT2D eigenvalue weighted by molar-refractivity contribution is -0.322. The highest BCUT2D eigenvalue weighted by atomic mass is 19.4. The number of alkyl halides is 3. The van der Waals surface area contributed by atoms with Gasteiger partial charge in [-0.25, -0.2) is 0 Å². The quantitative estimate of drug-likeness (QED) is 0.803. The van der Waals surface area contributed by atoms with E-state index in [0.717, 1.165) is 0 Å².